The molecule has 0 amide bonds. The van der Waals surface area contributed by atoms with Crippen molar-refractivity contribution in [1.82, 2.24) is 0 Å². The first-order chi connectivity index (χ1) is 6.87. The summed E-state index contributed by atoms with van der Waals surface area (Å²) >= 11 is 0. The van der Waals surface area contributed by atoms with Gasteiger partial charge in [0.2, 0.25) is 0 Å². The highest BCUT2D eigenvalue weighted by atomic mass is 19.3. The Bertz CT molecular complexity index is 321. The third-order valence-corrected chi connectivity index (χ3v) is 1.58. The third kappa shape index (κ3) is 4.63. The fourth-order valence-corrected chi connectivity index (χ4v) is 1.18. The van der Waals surface area contributed by atoms with Gasteiger partial charge in [-0.15, -0.1) is 0 Å². The van der Waals surface area contributed by atoms with Gasteiger partial charge in [-0.3, -0.25) is 0 Å². The molecule has 0 aliphatic carbocycles. The van der Waals surface area contributed by atoms with Gasteiger partial charge in [0.1, 0.15) is 5.75 Å². The van der Waals surface area contributed by atoms with Crippen LogP contribution >= 0.6 is 0 Å². The molecule has 0 fully saturated rings. The van der Waals surface area contributed by atoms with Gasteiger partial charge in [0.05, 0.1) is 0 Å². The molecule has 0 heterocycles. The van der Waals surface area contributed by atoms with E-state index in [4.69, 9.17) is 0 Å². The van der Waals surface area contributed by atoms with Crippen LogP contribution in [-0.4, -0.2) is 12.2 Å². The van der Waals surface area contributed by atoms with E-state index in [9.17, 15) is 8.78 Å². The molecule has 1 aromatic rings. The molecular formula is C11H15F2NO. The average Bonchev–Trinajstić information content (AvgIpc) is 1.99. The van der Waals surface area contributed by atoms with Gasteiger partial charge in [-0.1, -0.05) is 6.07 Å². The summed E-state index contributed by atoms with van der Waals surface area (Å²) < 4.78 is 28.2. The Morgan fingerprint density at radius 2 is 1.93 bits per heavy atom. The minimum Gasteiger partial charge on any atom is -0.435 e. The van der Waals surface area contributed by atoms with E-state index < -0.39 is 6.61 Å². The topological polar surface area (TPSA) is 21.3 Å². The zero-order valence-electron chi connectivity index (χ0n) is 9.05. The van der Waals surface area contributed by atoms with Gasteiger partial charge in [-0.2, -0.15) is 8.78 Å². The highest BCUT2D eigenvalue weighted by Crippen LogP contribution is 2.21. The number of hydrogen-bond acceptors (Lipinski definition) is 2. The number of hydrogen-bond donors (Lipinski definition) is 1. The van der Waals surface area contributed by atoms with Crippen LogP contribution in [0.2, 0.25) is 0 Å². The lowest BCUT2D eigenvalue weighted by atomic mass is 10.1. The van der Waals surface area contributed by atoms with E-state index in [2.05, 4.69) is 10.1 Å². The van der Waals surface area contributed by atoms with Crippen LogP contribution < -0.4 is 10.1 Å². The Labute approximate surface area is 88.3 Å². The lowest BCUT2D eigenvalue weighted by molar-refractivity contribution is -0.0498. The largest absolute Gasteiger partial charge is 0.435 e. The fraction of sp³-hybridized carbons (Fsp3) is 0.455. The van der Waals surface area contributed by atoms with E-state index in [0.29, 0.717) is 0 Å². The standard InChI is InChI=1S/C11H15F2NO/c1-11(2,3)14-8-5-4-6-9(7-8)15-10(12)13/h4-7,10,14H,1-3H3. The van der Waals surface area contributed by atoms with Gasteiger partial charge in [0.15, 0.2) is 0 Å². The fourth-order valence-electron chi connectivity index (χ4n) is 1.18. The molecule has 0 unspecified atom stereocenters. The molecule has 1 N–H and O–H groups in total. The molecule has 1 aromatic carbocycles. The van der Waals surface area contributed by atoms with Gasteiger partial charge < -0.3 is 10.1 Å². The van der Waals surface area contributed by atoms with Crippen LogP contribution in [0.5, 0.6) is 5.75 Å². The summed E-state index contributed by atoms with van der Waals surface area (Å²) in [5.74, 6) is 0.166. The molecule has 4 heteroatoms. The Morgan fingerprint density at radius 1 is 1.27 bits per heavy atom. The van der Waals surface area contributed by atoms with E-state index in [-0.39, 0.29) is 11.3 Å². The van der Waals surface area contributed by atoms with Crippen LogP contribution in [0.1, 0.15) is 20.8 Å². The highest BCUT2D eigenvalue weighted by molar-refractivity contribution is 5.49. The summed E-state index contributed by atoms with van der Waals surface area (Å²) in [7, 11) is 0. The first-order valence-electron chi connectivity index (χ1n) is 4.70. The van der Waals surface area contributed by atoms with Gasteiger partial charge in [0, 0.05) is 17.3 Å². The number of benzene rings is 1. The lowest BCUT2D eigenvalue weighted by Gasteiger charge is -2.22. The molecule has 0 saturated carbocycles. The molecule has 2 nitrogen and oxygen atoms in total. The summed E-state index contributed by atoms with van der Waals surface area (Å²) in [6.45, 7) is 3.20. The first-order valence-corrected chi connectivity index (χ1v) is 4.70. The molecule has 0 atom stereocenters. The Balaban J connectivity index is 2.74. The maximum Gasteiger partial charge on any atom is 0.387 e. The predicted molar refractivity (Wildman–Crippen MR) is 56.4 cm³/mol. The SMILES string of the molecule is CC(C)(C)Nc1cccc(OC(F)F)c1. The zero-order chi connectivity index (χ0) is 11.5. The van der Waals surface area contributed by atoms with Crippen molar-refractivity contribution in [1.29, 1.82) is 0 Å². The minimum atomic E-state index is -2.78. The van der Waals surface area contributed by atoms with Crippen molar-refractivity contribution in [2.24, 2.45) is 0 Å². The first kappa shape index (κ1) is 11.8. The van der Waals surface area contributed by atoms with Gasteiger partial charge >= 0.3 is 6.61 Å². The number of halogens is 2. The number of anilines is 1. The van der Waals surface area contributed by atoms with Crippen LogP contribution in [0.15, 0.2) is 24.3 Å². The molecule has 0 aliphatic heterocycles. The van der Waals surface area contributed by atoms with Crippen LogP contribution in [0.3, 0.4) is 0 Å². The predicted octanol–water partition coefficient (Wildman–Crippen LogP) is 3.50. The zero-order valence-corrected chi connectivity index (χ0v) is 9.05. The van der Waals surface area contributed by atoms with Crippen LogP contribution in [-0.2, 0) is 0 Å². The van der Waals surface area contributed by atoms with Crippen molar-refractivity contribution in [3.63, 3.8) is 0 Å². The monoisotopic (exact) mass is 215 g/mol. The summed E-state index contributed by atoms with van der Waals surface area (Å²) in [6.07, 6.45) is 0. The molecule has 15 heavy (non-hydrogen) atoms. The summed E-state index contributed by atoms with van der Waals surface area (Å²) in [4.78, 5) is 0. The van der Waals surface area contributed by atoms with E-state index in [1.54, 1.807) is 12.1 Å². The van der Waals surface area contributed by atoms with E-state index in [1.807, 2.05) is 26.8 Å². The molecular weight excluding hydrogens is 200 g/mol. The second kappa shape index (κ2) is 4.47. The van der Waals surface area contributed by atoms with Crippen molar-refractivity contribution in [3.05, 3.63) is 24.3 Å². The number of rotatable bonds is 3. The Kier molecular flexibility index (Phi) is 3.50. The van der Waals surface area contributed by atoms with Crippen molar-refractivity contribution in [3.8, 4) is 5.75 Å². The molecule has 0 spiro atoms. The van der Waals surface area contributed by atoms with E-state index >= 15 is 0 Å². The Morgan fingerprint density at radius 3 is 2.47 bits per heavy atom. The van der Waals surface area contributed by atoms with Gasteiger partial charge in [-0.25, -0.2) is 0 Å². The normalized spacial score (nSPS) is 11.6. The lowest BCUT2D eigenvalue weighted by Crippen LogP contribution is -2.25. The molecule has 1 rings (SSSR count). The van der Waals surface area contributed by atoms with Gasteiger partial charge in [0.25, 0.3) is 0 Å². The van der Waals surface area contributed by atoms with Crippen molar-refractivity contribution in [2.75, 3.05) is 5.32 Å². The van der Waals surface area contributed by atoms with E-state index in [1.165, 1.54) is 6.07 Å². The highest BCUT2D eigenvalue weighted by Gasteiger charge is 2.10. The number of ether oxygens (including phenoxy) is 1. The number of nitrogens with one attached hydrogen (secondary N) is 1. The quantitative estimate of drug-likeness (QED) is 0.833. The summed E-state index contributed by atoms with van der Waals surface area (Å²) in [5.41, 5.74) is 0.657. The maximum absolute atomic E-state index is 11.9. The molecule has 0 aliphatic rings. The molecule has 0 radical (unpaired) electrons. The Hall–Kier alpha value is -1.32. The van der Waals surface area contributed by atoms with E-state index in [0.717, 1.165) is 5.69 Å². The second-order valence-electron chi connectivity index (χ2n) is 4.28. The molecule has 0 bridgehead atoms. The van der Waals surface area contributed by atoms with Gasteiger partial charge in [-0.05, 0) is 32.9 Å². The van der Waals surface area contributed by atoms with Crippen LogP contribution in [0, 0.1) is 0 Å². The van der Waals surface area contributed by atoms with Crippen molar-refractivity contribution in [2.45, 2.75) is 32.9 Å². The van der Waals surface area contributed by atoms with Crippen LogP contribution in [0.4, 0.5) is 14.5 Å². The smallest absolute Gasteiger partial charge is 0.387 e. The van der Waals surface area contributed by atoms with Crippen molar-refractivity contribution >= 4 is 5.69 Å². The molecule has 0 saturated heterocycles. The summed E-state index contributed by atoms with van der Waals surface area (Å²) in [6, 6.07) is 6.53. The number of alkyl halides is 2. The maximum atomic E-state index is 11.9. The third-order valence-electron chi connectivity index (χ3n) is 1.58. The summed E-state index contributed by atoms with van der Waals surface area (Å²) in [5, 5.41) is 3.17. The average molecular weight is 215 g/mol. The second-order valence-corrected chi connectivity index (χ2v) is 4.28. The van der Waals surface area contributed by atoms with Crippen LogP contribution in [0.25, 0.3) is 0 Å². The molecule has 0 aromatic heterocycles. The molecule has 84 valence electrons. The minimum absolute atomic E-state index is 0.108. The van der Waals surface area contributed by atoms with Crippen molar-refractivity contribution < 1.29 is 13.5 Å².